The zero-order chi connectivity index (χ0) is 9.40. The Morgan fingerprint density at radius 3 is 2.42 bits per heavy atom. The molecule has 3 heteroatoms. The van der Waals surface area contributed by atoms with Crippen LogP contribution in [0.15, 0.2) is 0 Å². The lowest BCUT2D eigenvalue weighted by Crippen LogP contribution is -2.17. The highest BCUT2D eigenvalue weighted by molar-refractivity contribution is 5.72. The molecule has 0 radical (unpaired) electrons. The second-order valence-electron chi connectivity index (χ2n) is 2.76. The zero-order valence-electron chi connectivity index (χ0n) is 7.88. The standard InChI is InChI=1S/C9H18O3/c1-3-8(4-2)9(11)12-7-5-6-10/h8,10H,3-7H2,1-2H3. The minimum Gasteiger partial charge on any atom is -0.465 e. The summed E-state index contributed by atoms with van der Waals surface area (Å²) in [6, 6.07) is 0. The maximum atomic E-state index is 11.2. The molecule has 1 N–H and O–H groups in total. The van der Waals surface area contributed by atoms with Crippen LogP contribution in [0.1, 0.15) is 33.1 Å². The molecule has 0 aliphatic rings. The van der Waals surface area contributed by atoms with Crippen molar-refractivity contribution in [2.75, 3.05) is 13.2 Å². The van der Waals surface area contributed by atoms with Gasteiger partial charge in [-0.25, -0.2) is 0 Å². The predicted octanol–water partition coefficient (Wildman–Crippen LogP) is 1.35. The van der Waals surface area contributed by atoms with Crippen LogP contribution in [-0.4, -0.2) is 24.3 Å². The average molecular weight is 174 g/mol. The maximum Gasteiger partial charge on any atom is 0.308 e. The lowest BCUT2D eigenvalue weighted by atomic mass is 10.0. The van der Waals surface area contributed by atoms with Gasteiger partial charge in [0.15, 0.2) is 0 Å². The molecular formula is C9H18O3. The van der Waals surface area contributed by atoms with Crippen molar-refractivity contribution in [3.8, 4) is 0 Å². The number of carbonyl (C=O) groups excluding carboxylic acids is 1. The Hall–Kier alpha value is -0.570. The van der Waals surface area contributed by atoms with Gasteiger partial charge in [0.25, 0.3) is 0 Å². The number of esters is 1. The summed E-state index contributed by atoms with van der Waals surface area (Å²) in [6.07, 6.45) is 2.19. The van der Waals surface area contributed by atoms with Crippen LogP contribution in [0.3, 0.4) is 0 Å². The van der Waals surface area contributed by atoms with E-state index < -0.39 is 0 Å². The number of hydrogen-bond donors (Lipinski definition) is 1. The third-order valence-electron chi connectivity index (χ3n) is 1.87. The van der Waals surface area contributed by atoms with Crippen LogP contribution in [0.25, 0.3) is 0 Å². The van der Waals surface area contributed by atoms with E-state index in [1.54, 1.807) is 0 Å². The number of ether oxygens (including phenoxy) is 1. The van der Waals surface area contributed by atoms with Gasteiger partial charge >= 0.3 is 5.97 Å². The first-order chi connectivity index (χ1) is 5.76. The summed E-state index contributed by atoms with van der Waals surface area (Å²) in [6.45, 7) is 4.37. The highest BCUT2D eigenvalue weighted by Gasteiger charge is 2.14. The first kappa shape index (κ1) is 11.4. The molecule has 0 aromatic heterocycles. The molecular weight excluding hydrogens is 156 g/mol. The number of aliphatic hydroxyl groups excluding tert-OH is 1. The van der Waals surface area contributed by atoms with E-state index in [0.717, 1.165) is 12.8 Å². The average Bonchev–Trinajstić information content (AvgIpc) is 2.07. The van der Waals surface area contributed by atoms with E-state index in [9.17, 15) is 4.79 Å². The Morgan fingerprint density at radius 1 is 1.42 bits per heavy atom. The fraction of sp³-hybridized carbons (Fsp3) is 0.889. The Balaban J connectivity index is 3.54. The van der Waals surface area contributed by atoms with E-state index >= 15 is 0 Å². The van der Waals surface area contributed by atoms with Gasteiger partial charge in [0, 0.05) is 13.0 Å². The van der Waals surface area contributed by atoms with Gasteiger partial charge in [0.05, 0.1) is 12.5 Å². The van der Waals surface area contributed by atoms with E-state index in [1.165, 1.54) is 0 Å². The van der Waals surface area contributed by atoms with Gasteiger partial charge in [-0.05, 0) is 12.8 Å². The lowest BCUT2D eigenvalue weighted by Gasteiger charge is -2.10. The van der Waals surface area contributed by atoms with Crippen molar-refractivity contribution in [1.82, 2.24) is 0 Å². The molecule has 0 spiro atoms. The molecule has 72 valence electrons. The summed E-state index contributed by atoms with van der Waals surface area (Å²) < 4.78 is 4.93. The summed E-state index contributed by atoms with van der Waals surface area (Å²) in [7, 11) is 0. The summed E-state index contributed by atoms with van der Waals surface area (Å²) in [4.78, 5) is 11.2. The SMILES string of the molecule is CCC(CC)C(=O)OCCCO. The van der Waals surface area contributed by atoms with Gasteiger partial charge < -0.3 is 9.84 Å². The summed E-state index contributed by atoms with van der Waals surface area (Å²) in [5.74, 6) is -0.0999. The monoisotopic (exact) mass is 174 g/mol. The maximum absolute atomic E-state index is 11.2. The molecule has 0 saturated carbocycles. The van der Waals surface area contributed by atoms with Crippen molar-refractivity contribution in [1.29, 1.82) is 0 Å². The number of carbonyl (C=O) groups is 1. The van der Waals surface area contributed by atoms with E-state index in [4.69, 9.17) is 9.84 Å². The number of rotatable bonds is 6. The third-order valence-corrected chi connectivity index (χ3v) is 1.87. The van der Waals surface area contributed by atoms with Gasteiger partial charge in [0.1, 0.15) is 0 Å². The van der Waals surface area contributed by atoms with Crippen molar-refractivity contribution in [2.24, 2.45) is 5.92 Å². The largest absolute Gasteiger partial charge is 0.465 e. The molecule has 0 aliphatic heterocycles. The highest BCUT2D eigenvalue weighted by Crippen LogP contribution is 2.09. The van der Waals surface area contributed by atoms with Gasteiger partial charge in [-0.2, -0.15) is 0 Å². The minimum absolute atomic E-state index is 0.0312. The molecule has 12 heavy (non-hydrogen) atoms. The number of aliphatic hydroxyl groups is 1. The van der Waals surface area contributed by atoms with Crippen LogP contribution in [0.2, 0.25) is 0 Å². The molecule has 0 atom stereocenters. The second-order valence-corrected chi connectivity index (χ2v) is 2.76. The Labute approximate surface area is 73.7 Å². The molecule has 0 aromatic rings. The first-order valence-corrected chi connectivity index (χ1v) is 4.53. The molecule has 0 aromatic carbocycles. The van der Waals surface area contributed by atoms with Crippen molar-refractivity contribution >= 4 is 5.97 Å². The zero-order valence-corrected chi connectivity index (χ0v) is 7.88. The molecule has 3 nitrogen and oxygen atoms in total. The molecule has 0 unspecified atom stereocenters. The summed E-state index contributed by atoms with van der Waals surface area (Å²) >= 11 is 0. The van der Waals surface area contributed by atoms with Crippen LogP contribution in [0.5, 0.6) is 0 Å². The van der Waals surface area contributed by atoms with Crippen LogP contribution < -0.4 is 0 Å². The van der Waals surface area contributed by atoms with Gasteiger partial charge in [0.2, 0.25) is 0 Å². The van der Waals surface area contributed by atoms with Crippen molar-refractivity contribution in [2.45, 2.75) is 33.1 Å². The normalized spacial score (nSPS) is 10.3. The van der Waals surface area contributed by atoms with Crippen molar-refractivity contribution in [3.05, 3.63) is 0 Å². The van der Waals surface area contributed by atoms with Gasteiger partial charge in [-0.3, -0.25) is 4.79 Å². The topological polar surface area (TPSA) is 46.5 Å². The lowest BCUT2D eigenvalue weighted by molar-refractivity contribution is -0.149. The molecule has 0 saturated heterocycles. The van der Waals surface area contributed by atoms with E-state index in [0.29, 0.717) is 13.0 Å². The van der Waals surface area contributed by atoms with Crippen LogP contribution in [0.4, 0.5) is 0 Å². The summed E-state index contributed by atoms with van der Waals surface area (Å²) in [5.41, 5.74) is 0. The van der Waals surface area contributed by atoms with Crippen molar-refractivity contribution < 1.29 is 14.6 Å². The predicted molar refractivity (Wildman–Crippen MR) is 46.7 cm³/mol. The molecule has 0 bridgehead atoms. The molecule has 0 heterocycles. The van der Waals surface area contributed by atoms with Crippen LogP contribution in [-0.2, 0) is 9.53 Å². The smallest absolute Gasteiger partial charge is 0.308 e. The number of hydrogen-bond acceptors (Lipinski definition) is 3. The minimum atomic E-state index is -0.131. The van der Waals surface area contributed by atoms with E-state index in [1.807, 2.05) is 13.8 Å². The van der Waals surface area contributed by atoms with Gasteiger partial charge in [-0.1, -0.05) is 13.8 Å². The quantitative estimate of drug-likeness (QED) is 0.488. The fourth-order valence-corrected chi connectivity index (χ4v) is 0.977. The summed E-state index contributed by atoms with van der Waals surface area (Å²) in [5, 5.41) is 8.44. The Kier molecular flexibility index (Phi) is 6.76. The first-order valence-electron chi connectivity index (χ1n) is 4.53. The molecule has 0 fully saturated rings. The van der Waals surface area contributed by atoms with Crippen LogP contribution >= 0.6 is 0 Å². The second kappa shape index (κ2) is 7.10. The van der Waals surface area contributed by atoms with E-state index in [2.05, 4.69) is 0 Å². The molecule has 0 rings (SSSR count). The third kappa shape index (κ3) is 4.34. The van der Waals surface area contributed by atoms with Gasteiger partial charge in [-0.15, -0.1) is 0 Å². The van der Waals surface area contributed by atoms with Crippen molar-refractivity contribution in [3.63, 3.8) is 0 Å². The van der Waals surface area contributed by atoms with E-state index in [-0.39, 0.29) is 18.5 Å². The Bertz CT molecular complexity index is 119. The molecule has 0 aliphatic carbocycles. The molecule has 0 amide bonds. The highest BCUT2D eigenvalue weighted by atomic mass is 16.5. The van der Waals surface area contributed by atoms with Crippen LogP contribution in [0, 0.1) is 5.92 Å². The fourth-order valence-electron chi connectivity index (χ4n) is 0.977. The Morgan fingerprint density at radius 2 is 2.00 bits per heavy atom.